The van der Waals surface area contributed by atoms with Gasteiger partial charge in [0, 0.05) is 0 Å². The Morgan fingerprint density at radius 2 is 1.92 bits per heavy atom. The fourth-order valence-electron chi connectivity index (χ4n) is 1.02. The summed E-state index contributed by atoms with van der Waals surface area (Å²) in [5.74, 6) is 0.755. The molecule has 0 spiro atoms. The summed E-state index contributed by atoms with van der Waals surface area (Å²) in [7, 11) is 0. The van der Waals surface area contributed by atoms with Gasteiger partial charge in [-0.15, -0.1) is 0 Å². The lowest BCUT2D eigenvalue weighted by atomic mass is 10.0. The Morgan fingerprint density at radius 3 is 2.38 bits per heavy atom. The van der Waals surface area contributed by atoms with Crippen molar-refractivity contribution in [1.29, 1.82) is 0 Å². The van der Waals surface area contributed by atoms with Crippen LogP contribution >= 0.6 is 0 Å². The Morgan fingerprint density at radius 1 is 1.23 bits per heavy atom. The molecule has 0 rings (SSSR count). The van der Waals surface area contributed by atoms with Crippen molar-refractivity contribution in [3.8, 4) is 0 Å². The second kappa shape index (κ2) is 7.60. The molecule has 13 heavy (non-hydrogen) atoms. The van der Waals surface area contributed by atoms with Crippen LogP contribution in [0.4, 0.5) is 0 Å². The molecule has 0 nitrogen and oxygen atoms in total. The van der Waals surface area contributed by atoms with E-state index in [1.54, 1.807) is 6.08 Å². The second-order valence-corrected chi connectivity index (χ2v) is 3.50. The van der Waals surface area contributed by atoms with Gasteiger partial charge in [-0.3, -0.25) is 0 Å². The zero-order valence-electron chi connectivity index (χ0n) is 8.79. The predicted molar refractivity (Wildman–Crippen MR) is 61.7 cm³/mol. The Bertz CT molecular complexity index is 204. The molecule has 0 aliphatic heterocycles. The van der Waals surface area contributed by atoms with Crippen LogP contribution in [0, 0.1) is 5.92 Å². The van der Waals surface area contributed by atoms with E-state index in [1.807, 2.05) is 12.2 Å². The van der Waals surface area contributed by atoms with Crippen LogP contribution < -0.4 is 0 Å². The Balaban J connectivity index is 4.10. The summed E-state index contributed by atoms with van der Waals surface area (Å²) in [6, 6.07) is 0. The molecule has 0 atom stereocenters. The summed E-state index contributed by atoms with van der Waals surface area (Å²) in [5.41, 5.74) is 1.32. The first-order chi connectivity index (χ1) is 6.20. The van der Waals surface area contributed by atoms with Gasteiger partial charge in [-0.05, 0) is 24.3 Å². The molecule has 0 heterocycles. The maximum Gasteiger partial charge on any atom is -0.0276 e. The van der Waals surface area contributed by atoms with E-state index in [2.05, 4.69) is 39.2 Å². The van der Waals surface area contributed by atoms with Gasteiger partial charge in [0.2, 0.25) is 0 Å². The van der Waals surface area contributed by atoms with Crippen LogP contribution in [-0.4, -0.2) is 0 Å². The first-order valence-electron chi connectivity index (χ1n) is 4.81. The molecule has 0 amide bonds. The first kappa shape index (κ1) is 12.0. The number of rotatable bonds is 6. The molecular weight excluding hydrogens is 156 g/mol. The molecular formula is C13H20. The van der Waals surface area contributed by atoms with Crippen LogP contribution in [0.2, 0.25) is 0 Å². The second-order valence-electron chi connectivity index (χ2n) is 3.50. The monoisotopic (exact) mass is 176 g/mol. The van der Waals surface area contributed by atoms with Gasteiger partial charge in [0.25, 0.3) is 0 Å². The van der Waals surface area contributed by atoms with Gasteiger partial charge in [-0.1, -0.05) is 57.4 Å². The highest BCUT2D eigenvalue weighted by molar-refractivity contribution is 5.24. The smallest absolute Gasteiger partial charge is 0.0276 e. The summed E-state index contributed by atoms with van der Waals surface area (Å²) >= 11 is 0. The zero-order valence-corrected chi connectivity index (χ0v) is 8.79. The van der Waals surface area contributed by atoms with Crippen LogP contribution in [0.3, 0.4) is 0 Å². The van der Waals surface area contributed by atoms with Gasteiger partial charge < -0.3 is 0 Å². The minimum atomic E-state index is 0.755. The molecule has 72 valence electrons. The van der Waals surface area contributed by atoms with Crippen molar-refractivity contribution >= 4 is 0 Å². The molecule has 0 aliphatic rings. The highest BCUT2D eigenvalue weighted by atomic mass is 14.0. The van der Waals surface area contributed by atoms with Crippen molar-refractivity contribution < 1.29 is 0 Å². The Hall–Kier alpha value is -1.04. The van der Waals surface area contributed by atoms with Crippen molar-refractivity contribution in [2.45, 2.75) is 26.7 Å². The Labute approximate surface area is 82.4 Å². The molecule has 0 radical (unpaired) electrons. The maximum atomic E-state index is 3.70. The molecule has 0 aromatic carbocycles. The van der Waals surface area contributed by atoms with Crippen LogP contribution in [-0.2, 0) is 0 Å². The number of hydrogen-bond donors (Lipinski definition) is 0. The summed E-state index contributed by atoms with van der Waals surface area (Å²) in [6.45, 7) is 11.8. The van der Waals surface area contributed by atoms with Crippen LogP contribution in [0.25, 0.3) is 0 Å². The Kier molecular flexibility index (Phi) is 6.99. The average Bonchev–Trinajstić information content (AvgIpc) is 2.09. The van der Waals surface area contributed by atoms with E-state index in [-0.39, 0.29) is 0 Å². The molecule has 0 aliphatic carbocycles. The van der Waals surface area contributed by atoms with Gasteiger partial charge in [0.1, 0.15) is 0 Å². The summed E-state index contributed by atoms with van der Waals surface area (Å²) < 4.78 is 0. The number of hydrogen-bond acceptors (Lipinski definition) is 0. The van der Waals surface area contributed by atoms with Crippen molar-refractivity contribution in [2.24, 2.45) is 5.92 Å². The zero-order chi connectivity index (χ0) is 10.1. The van der Waals surface area contributed by atoms with E-state index in [0.717, 1.165) is 12.3 Å². The third-order valence-corrected chi connectivity index (χ3v) is 1.79. The molecule has 0 bridgehead atoms. The molecule has 0 heteroatoms. The third-order valence-electron chi connectivity index (χ3n) is 1.79. The topological polar surface area (TPSA) is 0 Å². The molecule has 0 N–H and O–H groups in total. The summed E-state index contributed by atoms with van der Waals surface area (Å²) in [5, 5.41) is 0. The normalized spacial score (nSPS) is 12.4. The van der Waals surface area contributed by atoms with Crippen LogP contribution in [0.5, 0.6) is 0 Å². The molecule has 0 fully saturated rings. The third kappa shape index (κ3) is 7.32. The maximum absolute atomic E-state index is 3.70. The SMILES string of the molecule is C=C/C=C\C(=C/C=C)CCC(C)C. The summed E-state index contributed by atoms with van der Waals surface area (Å²) in [6.07, 6.45) is 12.1. The lowest BCUT2D eigenvalue weighted by Gasteiger charge is -2.04. The highest BCUT2D eigenvalue weighted by Crippen LogP contribution is 2.12. The van der Waals surface area contributed by atoms with Crippen LogP contribution in [0.15, 0.2) is 49.1 Å². The minimum absolute atomic E-state index is 0.755. The van der Waals surface area contributed by atoms with E-state index >= 15 is 0 Å². The fraction of sp³-hybridized carbons (Fsp3) is 0.385. The van der Waals surface area contributed by atoms with E-state index < -0.39 is 0 Å². The summed E-state index contributed by atoms with van der Waals surface area (Å²) in [4.78, 5) is 0. The highest BCUT2D eigenvalue weighted by Gasteiger charge is 1.95. The van der Waals surface area contributed by atoms with Gasteiger partial charge in [0.05, 0.1) is 0 Å². The minimum Gasteiger partial charge on any atom is -0.0991 e. The van der Waals surface area contributed by atoms with E-state index in [4.69, 9.17) is 0 Å². The molecule has 0 saturated heterocycles. The van der Waals surface area contributed by atoms with E-state index in [0.29, 0.717) is 0 Å². The van der Waals surface area contributed by atoms with Crippen LogP contribution in [0.1, 0.15) is 26.7 Å². The molecule has 0 aromatic rings. The fourth-order valence-corrected chi connectivity index (χ4v) is 1.02. The van der Waals surface area contributed by atoms with E-state index in [9.17, 15) is 0 Å². The lowest BCUT2D eigenvalue weighted by Crippen LogP contribution is -1.88. The van der Waals surface area contributed by atoms with Crippen molar-refractivity contribution in [3.05, 3.63) is 49.1 Å². The quantitative estimate of drug-likeness (QED) is 0.530. The molecule has 0 unspecified atom stereocenters. The van der Waals surface area contributed by atoms with Crippen molar-refractivity contribution in [1.82, 2.24) is 0 Å². The van der Waals surface area contributed by atoms with Crippen molar-refractivity contribution in [2.75, 3.05) is 0 Å². The largest absolute Gasteiger partial charge is 0.0991 e. The lowest BCUT2D eigenvalue weighted by molar-refractivity contribution is 0.588. The standard InChI is InChI=1S/C13H20/c1-5-7-9-13(8-6-2)11-10-12(3)4/h5-9,12H,1-2,10-11H2,3-4H3/b9-7-,13-8+. The molecule has 0 aromatic heterocycles. The van der Waals surface area contributed by atoms with Gasteiger partial charge in [0.15, 0.2) is 0 Å². The van der Waals surface area contributed by atoms with Gasteiger partial charge in [-0.2, -0.15) is 0 Å². The first-order valence-corrected chi connectivity index (χ1v) is 4.81. The van der Waals surface area contributed by atoms with E-state index in [1.165, 1.54) is 12.0 Å². The average molecular weight is 176 g/mol. The predicted octanol–water partition coefficient (Wildman–Crippen LogP) is 4.28. The van der Waals surface area contributed by atoms with Gasteiger partial charge in [-0.25, -0.2) is 0 Å². The molecule has 0 saturated carbocycles. The van der Waals surface area contributed by atoms with Crippen molar-refractivity contribution in [3.63, 3.8) is 0 Å². The van der Waals surface area contributed by atoms with Gasteiger partial charge >= 0.3 is 0 Å². The number of allylic oxidation sites excluding steroid dienone is 6.